The Morgan fingerprint density at radius 1 is 1.55 bits per heavy atom. The summed E-state index contributed by atoms with van der Waals surface area (Å²) in [6, 6.07) is 4.79. The van der Waals surface area contributed by atoms with Crippen molar-refractivity contribution in [3.63, 3.8) is 0 Å². The SMILES string of the molecule is COc1cc(/C(N)=N/O)ccc1NC(=O)c1cncs1. The van der Waals surface area contributed by atoms with Crippen LogP contribution in [0.3, 0.4) is 0 Å². The lowest BCUT2D eigenvalue weighted by atomic mass is 10.1. The number of oxime groups is 1. The molecule has 0 aliphatic carbocycles. The minimum Gasteiger partial charge on any atom is -0.495 e. The van der Waals surface area contributed by atoms with E-state index in [0.717, 1.165) is 0 Å². The number of carbonyl (C=O) groups is 1. The van der Waals surface area contributed by atoms with Crippen molar-refractivity contribution >= 4 is 28.8 Å². The molecule has 2 aromatic rings. The zero-order valence-electron chi connectivity index (χ0n) is 10.5. The number of hydrogen-bond acceptors (Lipinski definition) is 6. The van der Waals surface area contributed by atoms with Crippen LogP contribution in [0.2, 0.25) is 0 Å². The second-order valence-electron chi connectivity index (χ2n) is 3.72. The van der Waals surface area contributed by atoms with Crippen molar-refractivity contribution in [3.8, 4) is 5.75 Å². The zero-order valence-corrected chi connectivity index (χ0v) is 11.3. The molecule has 0 bridgehead atoms. The fraction of sp³-hybridized carbons (Fsp3) is 0.0833. The molecule has 0 saturated heterocycles. The van der Waals surface area contributed by atoms with Gasteiger partial charge in [-0.25, -0.2) is 0 Å². The Kier molecular flexibility index (Phi) is 4.16. The summed E-state index contributed by atoms with van der Waals surface area (Å²) in [5.41, 5.74) is 8.05. The molecule has 0 atom stereocenters. The summed E-state index contributed by atoms with van der Waals surface area (Å²) in [5.74, 6) is 0.0953. The molecule has 8 heteroatoms. The normalized spacial score (nSPS) is 11.2. The van der Waals surface area contributed by atoms with Gasteiger partial charge in [0.1, 0.15) is 10.6 Å². The summed E-state index contributed by atoms with van der Waals surface area (Å²) in [4.78, 5) is 16.3. The first kappa shape index (κ1) is 13.8. The number of rotatable bonds is 4. The molecule has 7 nitrogen and oxygen atoms in total. The molecular formula is C12H12N4O3S. The number of nitrogens with one attached hydrogen (secondary N) is 1. The molecule has 1 aromatic carbocycles. The van der Waals surface area contributed by atoms with E-state index in [1.165, 1.54) is 24.6 Å². The number of hydrogen-bond donors (Lipinski definition) is 3. The van der Waals surface area contributed by atoms with Crippen LogP contribution in [0.1, 0.15) is 15.2 Å². The number of thiazole rings is 1. The smallest absolute Gasteiger partial charge is 0.267 e. The van der Waals surface area contributed by atoms with E-state index in [1.54, 1.807) is 23.7 Å². The van der Waals surface area contributed by atoms with Crippen LogP contribution in [-0.2, 0) is 0 Å². The number of nitrogens with two attached hydrogens (primary N) is 1. The van der Waals surface area contributed by atoms with Crippen LogP contribution in [0.15, 0.2) is 35.1 Å². The molecule has 1 aromatic heterocycles. The van der Waals surface area contributed by atoms with Gasteiger partial charge < -0.3 is 21.0 Å². The maximum absolute atomic E-state index is 11.9. The van der Waals surface area contributed by atoms with Crippen molar-refractivity contribution in [1.29, 1.82) is 0 Å². The molecular weight excluding hydrogens is 280 g/mol. The molecule has 0 saturated carbocycles. The largest absolute Gasteiger partial charge is 0.495 e. The number of carbonyl (C=O) groups excluding carboxylic acids is 1. The van der Waals surface area contributed by atoms with E-state index < -0.39 is 0 Å². The lowest BCUT2D eigenvalue weighted by Gasteiger charge is -2.10. The van der Waals surface area contributed by atoms with Crippen LogP contribution in [0.25, 0.3) is 0 Å². The fourth-order valence-electron chi connectivity index (χ4n) is 1.52. The Hall–Kier alpha value is -2.61. The quantitative estimate of drug-likeness (QED) is 0.342. The number of aromatic nitrogens is 1. The van der Waals surface area contributed by atoms with Crippen molar-refractivity contribution in [1.82, 2.24) is 4.98 Å². The van der Waals surface area contributed by atoms with Crippen LogP contribution in [-0.4, -0.2) is 29.0 Å². The minimum absolute atomic E-state index is 0.0383. The second kappa shape index (κ2) is 6.02. The molecule has 0 fully saturated rings. The van der Waals surface area contributed by atoms with Crippen LogP contribution in [0.5, 0.6) is 5.75 Å². The summed E-state index contributed by atoms with van der Waals surface area (Å²) < 4.78 is 5.18. The van der Waals surface area contributed by atoms with Crippen LogP contribution < -0.4 is 15.8 Å². The number of ether oxygens (including phenoxy) is 1. The summed E-state index contributed by atoms with van der Waals surface area (Å²) in [6.45, 7) is 0. The highest BCUT2D eigenvalue weighted by atomic mass is 32.1. The molecule has 0 unspecified atom stereocenters. The van der Waals surface area contributed by atoms with Gasteiger partial charge in [-0.2, -0.15) is 0 Å². The lowest BCUT2D eigenvalue weighted by Crippen LogP contribution is -2.15. The Labute approximate surface area is 118 Å². The molecule has 1 heterocycles. The van der Waals surface area contributed by atoms with Crippen LogP contribution >= 0.6 is 11.3 Å². The molecule has 104 valence electrons. The van der Waals surface area contributed by atoms with E-state index in [9.17, 15) is 4.79 Å². The Morgan fingerprint density at radius 2 is 2.35 bits per heavy atom. The Balaban J connectivity index is 2.26. The van der Waals surface area contributed by atoms with Crippen LogP contribution in [0.4, 0.5) is 5.69 Å². The monoisotopic (exact) mass is 292 g/mol. The van der Waals surface area contributed by atoms with Crippen molar-refractivity contribution < 1.29 is 14.7 Å². The van der Waals surface area contributed by atoms with Gasteiger partial charge in [0.05, 0.1) is 24.5 Å². The van der Waals surface area contributed by atoms with Crippen molar-refractivity contribution in [2.24, 2.45) is 10.9 Å². The van der Waals surface area contributed by atoms with E-state index in [4.69, 9.17) is 15.7 Å². The number of benzene rings is 1. The van der Waals surface area contributed by atoms with Gasteiger partial charge >= 0.3 is 0 Å². The third-order valence-corrected chi connectivity index (χ3v) is 3.28. The van der Waals surface area contributed by atoms with Gasteiger partial charge in [-0.05, 0) is 18.2 Å². The standard InChI is InChI=1S/C12H12N4O3S/c1-19-9-4-7(11(13)16-18)2-3-8(9)15-12(17)10-5-14-6-20-10/h2-6,18H,1H3,(H2,13,16)(H,15,17). The maximum Gasteiger partial charge on any atom is 0.267 e. The van der Waals surface area contributed by atoms with Gasteiger partial charge in [-0.1, -0.05) is 5.16 Å². The van der Waals surface area contributed by atoms with Crippen LogP contribution in [0, 0.1) is 0 Å². The van der Waals surface area contributed by atoms with Crippen molar-refractivity contribution in [2.45, 2.75) is 0 Å². The number of amidine groups is 1. The molecule has 0 radical (unpaired) electrons. The molecule has 2 rings (SSSR count). The highest BCUT2D eigenvalue weighted by Crippen LogP contribution is 2.26. The third-order valence-electron chi connectivity index (χ3n) is 2.51. The minimum atomic E-state index is -0.276. The summed E-state index contributed by atoms with van der Waals surface area (Å²) in [5, 5.41) is 14.3. The molecule has 20 heavy (non-hydrogen) atoms. The number of amides is 1. The van der Waals surface area contributed by atoms with E-state index in [1.807, 2.05) is 0 Å². The van der Waals surface area contributed by atoms with Gasteiger partial charge in [0, 0.05) is 5.56 Å². The van der Waals surface area contributed by atoms with E-state index in [0.29, 0.717) is 21.9 Å². The topological polar surface area (TPSA) is 110 Å². The highest BCUT2D eigenvalue weighted by Gasteiger charge is 2.12. The van der Waals surface area contributed by atoms with Gasteiger partial charge in [0.15, 0.2) is 5.84 Å². The first-order chi connectivity index (χ1) is 9.65. The fourth-order valence-corrected chi connectivity index (χ4v) is 2.04. The maximum atomic E-state index is 11.9. The molecule has 0 spiro atoms. The first-order valence-corrected chi connectivity index (χ1v) is 6.39. The number of nitrogens with zero attached hydrogens (tertiary/aromatic N) is 2. The average molecular weight is 292 g/mol. The Morgan fingerprint density at radius 3 is 2.95 bits per heavy atom. The summed E-state index contributed by atoms with van der Waals surface area (Å²) in [7, 11) is 1.47. The highest BCUT2D eigenvalue weighted by molar-refractivity contribution is 7.11. The molecule has 4 N–H and O–H groups in total. The van der Waals surface area contributed by atoms with E-state index in [2.05, 4.69) is 15.5 Å². The van der Waals surface area contributed by atoms with Gasteiger partial charge in [0.2, 0.25) is 0 Å². The van der Waals surface area contributed by atoms with Crippen molar-refractivity contribution in [3.05, 3.63) is 40.3 Å². The van der Waals surface area contributed by atoms with Gasteiger partial charge in [0.25, 0.3) is 5.91 Å². The second-order valence-corrected chi connectivity index (χ2v) is 4.61. The third kappa shape index (κ3) is 2.86. The molecule has 0 aliphatic heterocycles. The first-order valence-electron chi connectivity index (χ1n) is 5.51. The Bertz CT molecular complexity index is 640. The summed E-state index contributed by atoms with van der Waals surface area (Å²) in [6.07, 6.45) is 1.48. The van der Waals surface area contributed by atoms with Gasteiger partial charge in [-0.3, -0.25) is 9.78 Å². The van der Waals surface area contributed by atoms with Crippen molar-refractivity contribution in [2.75, 3.05) is 12.4 Å². The lowest BCUT2D eigenvalue weighted by molar-refractivity contribution is 0.103. The predicted octanol–water partition coefficient (Wildman–Crippen LogP) is 1.50. The van der Waals surface area contributed by atoms with E-state index >= 15 is 0 Å². The number of methoxy groups -OCH3 is 1. The molecule has 0 aliphatic rings. The zero-order chi connectivity index (χ0) is 14.5. The van der Waals surface area contributed by atoms with E-state index in [-0.39, 0.29) is 11.7 Å². The number of anilines is 1. The summed E-state index contributed by atoms with van der Waals surface area (Å²) >= 11 is 1.24. The predicted molar refractivity (Wildman–Crippen MR) is 75.6 cm³/mol. The average Bonchev–Trinajstić information content (AvgIpc) is 3.01. The van der Waals surface area contributed by atoms with Gasteiger partial charge in [-0.15, -0.1) is 11.3 Å². The molecule has 1 amide bonds.